The standard InChI is InChI=1S/C12H18N6/c1-4-13-11-15-10(8-9(2)3)16-12(17-11)18-7-5-6-14-18/h5-7,9H,4,8H2,1-3H3,(H,13,15,16,17). The van der Waals surface area contributed by atoms with E-state index in [1.807, 2.05) is 19.2 Å². The Hall–Kier alpha value is -1.98. The minimum absolute atomic E-state index is 0.507. The first kappa shape index (κ1) is 12.5. The summed E-state index contributed by atoms with van der Waals surface area (Å²) in [5.74, 6) is 2.46. The van der Waals surface area contributed by atoms with Gasteiger partial charge in [0.1, 0.15) is 5.82 Å². The summed E-state index contributed by atoms with van der Waals surface area (Å²) in [7, 11) is 0. The molecule has 0 aliphatic heterocycles. The van der Waals surface area contributed by atoms with Gasteiger partial charge < -0.3 is 5.32 Å². The Balaban J connectivity index is 2.36. The smallest absolute Gasteiger partial charge is 0.255 e. The molecule has 0 saturated heterocycles. The van der Waals surface area contributed by atoms with Crippen LogP contribution < -0.4 is 5.32 Å². The van der Waals surface area contributed by atoms with Gasteiger partial charge in [-0.25, -0.2) is 4.68 Å². The van der Waals surface area contributed by atoms with Crippen molar-refractivity contribution in [2.75, 3.05) is 11.9 Å². The molecule has 0 bridgehead atoms. The summed E-state index contributed by atoms with van der Waals surface area (Å²) in [6, 6.07) is 1.85. The second-order valence-electron chi connectivity index (χ2n) is 4.45. The Labute approximate surface area is 106 Å². The zero-order valence-corrected chi connectivity index (χ0v) is 11.0. The van der Waals surface area contributed by atoms with Crippen LogP contribution in [0.4, 0.5) is 5.95 Å². The highest BCUT2D eigenvalue weighted by molar-refractivity contribution is 5.28. The van der Waals surface area contributed by atoms with Crippen molar-refractivity contribution in [3.63, 3.8) is 0 Å². The highest BCUT2D eigenvalue weighted by atomic mass is 15.4. The average molecular weight is 246 g/mol. The van der Waals surface area contributed by atoms with E-state index in [9.17, 15) is 0 Å². The van der Waals surface area contributed by atoms with Crippen molar-refractivity contribution in [2.45, 2.75) is 27.2 Å². The number of aromatic nitrogens is 5. The van der Waals surface area contributed by atoms with Crippen molar-refractivity contribution >= 4 is 5.95 Å². The van der Waals surface area contributed by atoms with Gasteiger partial charge in [-0.2, -0.15) is 20.1 Å². The van der Waals surface area contributed by atoms with Gasteiger partial charge in [0.05, 0.1) is 0 Å². The van der Waals surface area contributed by atoms with E-state index < -0.39 is 0 Å². The number of anilines is 1. The summed E-state index contributed by atoms with van der Waals surface area (Å²) in [6.07, 6.45) is 4.36. The molecule has 0 unspecified atom stereocenters. The molecular formula is C12H18N6. The van der Waals surface area contributed by atoms with Gasteiger partial charge in [-0.1, -0.05) is 13.8 Å². The normalized spacial score (nSPS) is 10.9. The molecule has 0 radical (unpaired) electrons. The highest BCUT2D eigenvalue weighted by Crippen LogP contribution is 2.09. The molecule has 96 valence electrons. The first-order valence-corrected chi connectivity index (χ1v) is 6.18. The molecule has 6 nitrogen and oxygen atoms in total. The number of hydrogen-bond donors (Lipinski definition) is 1. The maximum absolute atomic E-state index is 4.44. The molecule has 0 atom stereocenters. The van der Waals surface area contributed by atoms with Gasteiger partial charge in [0.15, 0.2) is 0 Å². The topological polar surface area (TPSA) is 68.5 Å². The van der Waals surface area contributed by atoms with Crippen LogP contribution in [0.5, 0.6) is 0 Å². The van der Waals surface area contributed by atoms with E-state index in [1.54, 1.807) is 10.9 Å². The molecule has 0 aliphatic carbocycles. The lowest BCUT2D eigenvalue weighted by molar-refractivity contribution is 0.613. The first-order valence-electron chi connectivity index (χ1n) is 6.18. The van der Waals surface area contributed by atoms with E-state index in [-0.39, 0.29) is 0 Å². The Morgan fingerprint density at radius 3 is 2.72 bits per heavy atom. The van der Waals surface area contributed by atoms with Gasteiger partial charge in [-0.05, 0) is 18.9 Å². The Morgan fingerprint density at radius 1 is 1.28 bits per heavy atom. The quantitative estimate of drug-likeness (QED) is 0.869. The molecule has 2 rings (SSSR count). The molecule has 6 heteroatoms. The summed E-state index contributed by atoms with van der Waals surface area (Å²) in [4.78, 5) is 13.2. The molecule has 2 aromatic heterocycles. The Bertz CT molecular complexity index is 491. The molecule has 0 fully saturated rings. The van der Waals surface area contributed by atoms with Crippen LogP contribution in [-0.4, -0.2) is 31.3 Å². The van der Waals surface area contributed by atoms with Gasteiger partial charge in [-0.15, -0.1) is 0 Å². The van der Waals surface area contributed by atoms with Gasteiger partial charge in [0, 0.05) is 25.4 Å². The zero-order chi connectivity index (χ0) is 13.0. The zero-order valence-electron chi connectivity index (χ0n) is 11.0. The molecule has 0 aromatic carbocycles. The van der Waals surface area contributed by atoms with Crippen LogP contribution in [0.2, 0.25) is 0 Å². The van der Waals surface area contributed by atoms with Crippen LogP contribution in [0.25, 0.3) is 5.95 Å². The molecule has 18 heavy (non-hydrogen) atoms. The SMILES string of the molecule is CCNc1nc(CC(C)C)nc(-n2cccn2)n1. The predicted molar refractivity (Wildman–Crippen MR) is 69.7 cm³/mol. The van der Waals surface area contributed by atoms with Gasteiger partial charge in [0.25, 0.3) is 5.95 Å². The van der Waals surface area contributed by atoms with Crippen molar-refractivity contribution in [1.82, 2.24) is 24.7 Å². The fraction of sp³-hybridized carbons (Fsp3) is 0.500. The largest absolute Gasteiger partial charge is 0.354 e. The van der Waals surface area contributed by atoms with E-state index in [0.29, 0.717) is 17.8 Å². The second-order valence-corrected chi connectivity index (χ2v) is 4.45. The summed E-state index contributed by atoms with van der Waals surface area (Å²) in [5.41, 5.74) is 0. The fourth-order valence-electron chi connectivity index (χ4n) is 1.59. The van der Waals surface area contributed by atoms with Crippen molar-refractivity contribution in [2.24, 2.45) is 5.92 Å². The van der Waals surface area contributed by atoms with Crippen LogP contribution in [0, 0.1) is 5.92 Å². The third-order valence-electron chi connectivity index (χ3n) is 2.30. The van der Waals surface area contributed by atoms with Gasteiger partial charge in [0.2, 0.25) is 5.95 Å². The van der Waals surface area contributed by atoms with Crippen LogP contribution in [0.1, 0.15) is 26.6 Å². The maximum Gasteiger partial charge on any atom is 0.255 e. The van der Waals surface area contributed by atoms with Crippen LogP contribution >= 0.6 is 0 Å². The summed E-state index contributed by atoms with van der Waals surface area (Å²) in [6.45, 7) is 7.08. The number of rotatable bonds is 5. The van der Waals surface area contributed by atoms with E-state index in [1.165, 1.54) is 0 Å². The maximum atomic E-state index is 4.44. The minimum atomic E-state index is 0.507. The molecule has 0 saturated carbocycles. The highest BCUT2D eigenvalue weighted by Gasteiger charge is 2.09. The van der Waals surface area contributed by atoms with E-state index in [2.05, 4.69) is 39.2 Å². The first-order chi connectivity index (χ1) is 8.69. The van der Waals surface area contributed by atoms with Gasteiger partial charge >= 0.3 is 0 Å². The summed E-state index contributed by atoms with van der Waals surface area (Å²) in [5, 5.41) is 7.26. The number of nitrogens with zero attached hydrogens (tertiary/aromatic N) is 5. The third kappa shape index (κ3) is 3.03. The van der Waals surface area contributed by atoms with Crippen LogP contribution in [-0.2, 0) is 6.42 Å². The molecule has 0 aliphatic rings. The lowest BCUT2D eigenvalue weighted by Crippen LogP contribution is -2.12. The molecule has 1 N–H and O–H groups in total. The van der Waals surface area contributed by atoms with E-state index >= 15 is 0 Å². The minimum Gasteiger partial charge on any atom is -0.354 e. The molecule has 2 heterocycles. The molecular weight excluding hydrogens is 228 g/mol. The third-order valence-corrected chi connectivity index (χ3v) is 2.30. The lowest BCUT2D eigenvalue weighted by atomic mass is 10.1. The fourth-order valence-corrected chi connectivity index (χ4v) is 1.59. The molecule has 0 amide bonds. The van der Waals surface area contributed by atoms with Crippen LogP contribution in [0.3, 0.4) is 0 Å². The Morgan fingerprint density at radius 2 is 2.11 bits per heavy atom. The average Bonchev–Trinajstić information content (AvgIpc) is 2.81. The predicted octanol–water partition coefficient (Wildman–Crippen LogP) is 1.69. The molecule has 2 aromatic rings. The van der Waals surface area contributed by atoms with Crippen molar-refractivity contribution < 1.29 is 0 Å². The van der Waals surface area contributed by atoms with Crippen molar-refractivity contribution in [3.8, 4) is 5.95 Å². The monoisotopic (exact) mass is 246 g/mol. The van der Waals surface area contributed by atoms with Crippen molar-refractivity contribution in [1.29, 1.82) is 0 Å². The number of nitrogens with one attached hydrogen (secondary N) is 1. The van der Waals surface area contributed by atoms with Crippen LogP contribution in [0.15, 0.2) is 18.5 Å². The summed E-state index contributed by atoms with van der Waals surface area (Å²) < 4.78 is 1.65. The Kier molecular flexibility index (Phi) is 3.86. The number of hydrogen-bond acceptors (Lipinski definition) is 5. The van der Waals surface area contributed by atoms with Gasteiger partial charge in [-0.3, -0.25) is 0 Å². The summed E-state index contributed by atoms with van der Waals surface area (Å²) >= 11 is 0. The molecule has 0 spiro atoms. The lowest BCUT2D eigenvalue weighted by Gasteiger charge is -2.08. The van der Waals surface area contributed by atoms with E-state index in [4.69, 9.17) is 0 Å². The van der Waals surface area contributed by atoms with E-state index in [0.717, 1.165) is 18.8 Å². The van der Waals surface area contributed by atoms with Crippen molar-refractivity contribution in [3.05, 3.63) is 24.3 Å². The second kappa shape index (κ2) is 5.57.